The van der Waals surface area contributed by atoms with E-state index in [1.165, 1.54) is 6.07 Å². The monoisotopic (exact) mass is 242 g/mol. The molecular weight excluding hydrogens is 229 g/mol. The Labute approximate surface area is 97.4 Å². The molecule has 0 radical (unpaired) electrons. The van der Waals surface area contributed by atoms with Crippen molar-refractivity contribution in [2.45, 2.75) is 24.6 Å². The van der Waals surface area contributed by atoms with Crippen LogP contribution in [0.1, 0.15) is 18.4 Å². The lowest BCUT2D eigenvalue weighted by molar-refractivity contribution is -0.137. The van der Waals surface area contributed by atoms with E-state index < -0.39 is 11.7 Å². The first-order valence-corrected chi connectivity index (χ1v) is 5.62. The summed E-state index contributed by atoms with van der Waals surface area (Å²) in [6, 6.07) is 4.31. The summed E-state index contributed by atoms with van der Waals surface area (Å²) in [7, 11) is 1.77. The van der Waals surface area contributed by atoms with E-state index in [1.807, 2.05) is 4.90 Å². The minimum atomic E-state index is -4.30. The SMILES string of the molecule is CN1c2c(cccc2C(F)(F)F)NCC12CC2. The Hall–Kier alpha value is -1.39. The van der Waals surface area contributed by atoms with E-state index in [0.717, 1.165) is 25.5 Å². The van der Waals surface area contributed by atoms with E-state index in [2.05, 4.69) is 5.32 Å². The molecule has 17 heavy (non-hydrogen) atoms. The van der Waals surface area contributed by atoms with Gasteiger partial charge in [0.05, 0.1) is 22.5 Å². The van der Waals surface area contributed by atoms with Crippen LogP contribution in [0.5, 0.6) is 0 Å². The van der Waals surface area contributed by atoms with E-state index in [1.54, 1.807) is 13.1 Å². The van der Waals surface area contributed by atoms with Crippen LogP contribution in [0.15, 0.2) is 18.2 Å². The maximum absolute atomic E-state index is 13.0. The molecule has 1 saturated carbocycles. The van der Waals surface area contributed by atoms with Gasteiger partial charge in [-0.3, -0.25) is 0 Å². The number of hydrogen-bond acceptors (Lipinski definition) is 2. The Balaban J connectivity index is 2.15. The van der Waals surface area contributed by atoms with Crippen LogP contribution in [-0.4, -0.2) is 19.1 Å². The highest BCUT2D eigenvalue weighted by Gasteiger charge is 2.51. The van der Waals surface area contributed by atoms with Crippen LogP contribution in [0.3, 0.4) is 0 Å². The molecule has 0 bridgehead atoms. The van der Waals surface area contributed by atoms with Crippen LogP contribution in [0.25, 0.3) is 0 Å². The summed E-state index contributed by atoms with van der Waals surface area (Å²) in [4.78, 5) is 1.81. The molecule has 0 atom stereocenters. The Morgan fingerprint density at radius 3 is 2.59 bits per heavy atom. The molecule has 0 aromatic heterocycles. The molecule has 92 valence electrons. The Kier molecular flexibility index (Phi) is 1.95. The molecule has 2 aliphatic rings. The fourth-order valence-electron chi connectivity index (χ4n) is 2.55. The third-order valence-electron chi connectivity index (χ3n) is 3.82. The first kappa shape index (κ1) is 10.7. The van der Waals surface area contributed by atoms with Crippen LogP contribution in [-0.2, 0) is 6.18 Å². The molecule has 1 N–H and O–H groups in total. The van der Waals surface area contributed by atoms with Crippen molar-refractivity contribution < 1.29 is 13.2 Å². The maximum Gasteiger partial charge on any atom is 0.418 e. The van der Waals surface area contributed by atoms with Crippen LogP contribution in [0.2, 0.25) is 0 Å². The number of para-hydroxylation sites is 1. The molecule has 0 amide bonds. The molecule has 1 aliphatic carbocycles. The molecule has 1 aromatic carbocycles. The summed E-state index contributed by atoms with van der Waals surface area (Å²) >= 11 is 0. The highest BCUT2D eigenvalue weighted by atomic mass is 19.4. The summed E-state index contributed by atoms with van der Waals surface area (Å²) < 4.78 is 38.9. The molecule has 1 aliphatic heterocycles. The fraction of sp³-hybridized carbons (Fsp3) is 0.500. The van der Waals surface area contributed by atoms with Gasteiger partial charge in [-0.15, -0.1) is 0 Å². The number of hydrogen-bond donors (Lipinski definition) is 1. The first-order valence-electron chi connectivity index (χ1n) is 5.62. The normalized spacial score (nSPS) is 21.1. The van der Waals surface area contributed by atoms with Crippen molar-refractivity contribution in [1.82, 2.24) is 0 Å². The van der Waals surface area contributed by atoms with Gasteiger partial charge >= 0.3 is 6.18 Å². The molecule has 1 spiro atoms. The van der Waals surface area contributed by atoms with Crippen molar-refractivity contribution in [1.29, 1.82) is 0 Å². The number of fused-ring (bicyclic) bond motifs is 1. The van der Waals surface area contributed by atoms with Gasteiger partial charge in [-0.25, -0.2) is 0 Å². The van der Waals surface area contributed by atoms with Crippen LogP contribution in [0, 0.1) is 0 Å². The second-order valence-corrected chi connectivity index (χ2v) is 4.84. The number of rotatable bonds is 0. The molecule has 1 fully saturated rings. The van der Waals surface area contributed by atoms with E-state index in [9.17, 15) is 13.2 Å². The van der Waals surface area contributed by atoms with E-state index >= 15 is 0 Å². The number of anilines is 2. The molecule has 1 aromatic rings. The summed E-state index contributed by atoms with van der Waals surface area (Å²) in [6.07, 6.45) is -2.38. The second-order valence-electron chi connectivity index (χ2n) is 4.84. The molecule has 0 saturated heterocycles. The lowest BCUT2D eigenvalue weighted by Crippen LogP contribution is -2.44. The first-order chi connectivity index (χ1) is 7.94. The molecule has 2 nitrogen and oxygen atoms in total. The highest BCUT2D eigenvalue weighted by molar-refractivity contribution is 5.78. The number of nitrogens with one attached hydrogen (secondary N) is 1. The van der Waals surface area contributed by atoms with E-state index in [0.29, 0.717) is 11.4 Å². The number of nitrogens with zero attached hydrogens (tertiary/aromatic N) is 1. The van der Waals surface area contributed by atoms with Gasteiger partial charge in [0.2, 0.25) is 0 Å². The van der Waals surface area contributed by atoms with Gasteiger partial charge in [-0.1, -0.05) is 6.07 Å². The summed E-state index contributed by atoms with van der Waals surface area (Å²) in [5.41, 5.74) is 0.244. The summed E-state index contributed by atoms with van der Waals surface area (Å²) in [5.74, 6) is 0. The predicted octanol–water partition coefficient (Wildman–Crippen LogP) is 3.10. The predicted molar refractivity (Wildman–Crippen MR) is 60.3 cm³/mol. The minimum Gasteiger partial charge on any atom is -0.381 e. The number of alkyl halides is 3. The van der Waals surface area contributed by atoms with Gasteiger partial charge in [-0.05, 0) is 25.0 Å². The zero-order chi connectivity index (χ0) is 12.3. The van der Waals surface area contributed by atoms with Crippen molar-refractivity contribution in [3.05, 3.63) is 23.8 Å². The average Bonchev–Trinajstić information content (AvgIpc) is 3.03. The van der Waals surface area contributed by atoms with E-state index in [-0.39, 0.29) is 5.54 Å². The Morgan fingerprint density at radius 1 is 1.29 bits per heavy atom. The Morgan fingerprint density at radius 2 is 2.00 bits per heavy atom. The molecule has 0 unspecified atom stereocenters. The van der Waals surface area contributed by atoms with Gasteiger partial charge in [0, 0.05) is 13.6 Å². The number of benzene rings is 1. The van der Waals surface area contributed by atoms with Crippen molar-refractivity contribution in [2.75, 3.05) is 23.8 Å². The van der Waals surface area contributed by atoms with Gasteiger partial charge in [0.15, 0.2) is 0 Å². The Bertz CT molecular complexity index is 463. The summed E-state index contributed by atoms with van der Waals surface area (Å²) in [6.45, 7) is 0.734. The zero-order valence-corrected chi connectivity index (χ0v) is 9.43. The smallest absolute Gasteiger partial charge is 0.381 e. The van der Waals surface area contributed by atoms with Crippen LogP contribution >= 0.6 is 0 Å². The number of likely N-dealkylation sites (N-methyl/N-ethyl adjacent to an activating group) is 1. The lowest BCUT2D eigenvalue weighted by atomic mass is 10.0. The average molecular weight is 242 g/mol. The molecule has 1 heterocycles. The van der Waals surface area contributed by atoms with Gasteiger partial charge in [0.1, 0.15) is 0 Å². The molecular formula is C12H13F3N2. The lowest BCUT2D eigenvalue weighted by Gasteiger charge is -2.39. The quantitative estimate of drug-likeness (QED) is 0.752. The van der Waals surface area contributed by atoms with Gasteiger partial charge < -0.3 is 10.2 Å². The fourth-order valence-corrected chi connectivity index (χ4v) is 2.55. The number of halogens is 3. The third kappa shape index (κ3) is 1.48. The van der Waals surface area contributed by atoms with Gasteiger partial charge in [0.25, 0.3) is 0 Å². The van der Waals surface area contributed by atoms with E-state index in [4.69, 9.17) is 0 Å². The van der Waals surface area contributed by atoms with Crippen molar-refractivity contribution in [3.63, 3.8) is 0 Å². The van der Waals surface area contributed by atoms with Crippen molar-refractivity contribution in [2.24, 2.45) is 0 Å². The van der Waals surface area contributed by atoms with Crippen LogP contribution in [0.4, 0.5) is 24.5 Å². The molecule has 5 heteroatoms. The largest absolute Gasteiger partial charge is 0.418 e. The van der Waals surface area contributed by atoms with Crippen molar-refractivity contribution in [3.8, 4) is 0 Å². The van der Waals surface area contributed by atoms with Crippen LogP contribution < -0.4 is 10.2 Å². The topological polar surface area (TPSA) is 15.3 Å². The maximum atomic E-state index is 13.0. The summed E-state index contributed by atoms with van der Waals surface area (Å²) in [5, 5.41) is 3.12. The standard InChI is InChI=1S/C12H13F3N2/c1-17-10-8(12(13,14)15)3-2-4-9(10)16-7-11(17)5-6-11/h2-4,16H,5-7H2,1H3. The minimum absolute atomic E-state index is 0.0889. The van der Waals surface area contributed by atoms with Gasteiger partial charge in [-0.2, -0.15) is 13.2 Å². The van der Waals surface area contributed by atoms with Crippen molar-refractivity contribution >= 4 is 11.4 Å². The highest BCUT2D eigenvalue weighted by Crippen LogP contribution is 2.51. The zero-order valence-electron chi connectivity index (χ0n) is 9.43. The second kappa shape index (κ2) is 3.09. The molecule has 3 rings (SSSR count). The third-order valence-corrected chi connectivity index (χ3v) is 3.82.